The third-order valence-corrected chi connectivity index (χ3v) is 5.18. The van der Waals surface area contributed by atoms with Crippen molar-refractivity contribution in [3.8, 4) is 17.2 Å². The Balaban J connectivity index is 1.83. The highest BCUT2D eigenvalue weighted by molar-refractivity contribution is 6.02. The number of carbonyl (C=O) groups is 1. The van der Waals surface area contributed by atoms with Crippen molar-refractivity contribution in [3.05, 3.63) is 94.2 Å². The molecule has 1 amide bonds. The summed E-state index contributed by atoms with van der Waals surface area (Å²) < 4.78 is 19.6. The fraction of sp³-hybridized carbons (Fsp3) is 0.125. The van der Waals surface area contributed by atoms with E-state index in [9.17, 15) is 19.1 Å². The van der Waals surface area contributed by atoms with Gasteiger partial charge in [-0.25, -0.2) is 9.37 Å². The predicted molar refractivity (Wildman–Crippen MR) is 118 cm³/mol. The summed E-state index contributed by atoms with van der Waals surface area (Å²) in [6.45, 7) is 1.70. The zero-order valence-corrected chi connectivity index (χ0v) is 17.4. The number of pyridine rings is 2. The molecule has 8 heteroatoms. The number of nitrogens with zero attached hydrogens (tertiary/aromatic N) is 2. The molecule has 2 aromatic carbocycles. The van der Waals surface area contributed by atoms with E-state index >= 15 is 0 Å². The molecule has 0 saturated heterocycles. The molecule has 0 aliphatic heterocycles. The highest BCUT2D eigenvalue weighted by Gasteiger charge is 2.24. The normalized spacial score (nSPS) is 11.8. The molecule has 0 saturated carbocycles. The number of aromatic hydroxyl groups is 1. The summed E-state index contributed by atoms with van der Waals surface area (Å²) in [5.74, 6) is -0.998. The average molecular weight is 433 g/mol. The Morgan fingerprint density at radius 1 is 1.12 bits per heavy atom. The second-order valence-corrected chi connectivity index (χ2v) is 7.18. The second kappa shape index (κ2) is 8.50. The Morgan fingerprint density at radius 3 is 2.47 bits per heavy atom. The first-order valence-corrected chi connectivity index (χ1v) is 9.84. The van der Waals surface area contributed by atoms with Crippen molar-refractivity contribution in [2.24, 2.45) is 0 Å². The molecule has 0 aliphatic carbocycles. The van der Waals surface area contributed by atoms with Gasteiger partial charge in [0.25, 0.3) is 11.5 Å². The van der Waals surface area contributed by atoms with Crippen LogP contribution in [0.2, 0.25) is 0 Å². The van der Waals surface area contributed by atoms with Gasteiger partial charge in [-0.2, -0.15) is 0 Å². The average Bonchev–Trinajstić information content (AvgIpc) is 2.80. The number of halogens is 1. The van der Waals surface area contributed by atoms with Crippen molar-refractivity contribution < 1.29 is 19.0 Å². The Kier molecular flexibility index (Phi) is 5.59. The van der Waals surface area contributed by atoms with Gasteiger partial charge in [0.15, 0.2) is 5.65 Å². The zero-order chi connectivity index (χ0) is 22.8. The van der Waals surface area contributed by atoms with E-state index < -0.39 is 34.6 Å². The maximum atomic E-state index is 13.4. The van der Waals surface area contributed by atoms with Crippen molar-refractivity contribution >= 4 is 16.9 Å². The van der Waals surface area contributed by atoms with Crippen molar-refractivity contribution in [3.63, 3.8) is 0 Å². The van der Waals surface area contributed by atoms with Gasteiger partial charge in [0.05, 0.1) is 24.2 Å². The van der Waals surface area contributed by atoms with Crippen LogP contribution in [0.15, 0.2) is 71.7 Å². The topological polar surface area (TPSA) is 93.5 Å². The smallest absolute Gasteiger partial charge is 0.273 e. The summed E-state index contributed by atoms with van der Waals surface area (Å²) in [6.07, 6.45) is 1.50. The fourth-order valence-electron chi connectivity index (χ4n) is 3.48. The molecule has 162 valence electrons. The largest absolute Gasteiger partial charge is 0.506 e. The van der Waals surface area contributed by atoms with Crippen LogP contribution >= 0.6 is 0 Å². The minimum absolute atomic E-state index is 0.211. The van der Waals surface area contributed by atoms with E-state index in [1.54, 1.807) is 55.5 Å². The summed E-state index contributed by atoms with van der Waals surface area (Å²) in [4.78, 5) is 30.7. The minimum atomic E-state index is -0.752. The fourth-order valence-corrected chi connectivity index (χ4v) is 3.48. The summed E-state index contributed by atoms with van der Waals surface area (Å²) >= 11 is 0. The highest BCUT2D eigenvalue weighted by Crippen LogP contribution is 2.27. The van der Waals surface area contributed by atoms with Crippen LogP contribution < -0.4 is 15.6 Å². The van der Waals surface area contributed by atoms with Crippen molar-refractivity contribution in [1.29, 1.82) is 0 Å². The first-order valence-electron chi connectivity index (χ1n) is 9.84. The number of ether oxygens (including phenoxy) is 1. The predicted octanol–water partition coefficient (Wildman–Crippen LogP) is 3.73. The first kappa shape index (κ1) is 21.0. The van der Waals surface area contributed by atoms with E-state index in [-0.39, 0.29) is 11.0 Å². The van der Waals surface area contributed by atoms with Crippen LogP contribution in [0.1, 0.15) is 28.9 Å². The number of methoxy groups -OCH3 is 1. The second-order valence-electron chi connectivity index (χ2n) is 7.18. The molecule has 1 unspecified atom stereocenters. The van der Waals surface area contributed by atoms with Crippen LogP contribution in [0.5, 0.6) is 11.5 Å². The maximum absolute atomic E-state index is 13.4. The summed E-state index contributed by atoms with van der Waals surface area (Å²) in [6, 6.07) is 15.0. The maximum Gasteiger partial charge on any atom is 0.273 e. The van der Waals surface area contributed by atoms with E-state index in [1.807, 2.05) is 0 Å². The number of benzene rings is 2. The number of carbonyl (C=O) groups excluding carboxylic acids is 1. The standard InChI is InChI=1S/C24H20FN3O4/c1-14(15-5-7-16(25)8-6-15)27-23(30)20-21(29)19-4-3-13-26-22(19)28(24(20)31)17-9-11-18(32-2)12-10-17/h3-14,29H,1-2H3,(H,27,30). The molecule has 0 radical (unpaired) electrons. The number of hydrogen-bond donors (Lipinski definition) is 2. The quantitative estimate of drug-likeness (QED) is 0.500. The van der Waals surface area contributed by atoms with E-state index in [0.717, 1.165) is 0 Å². The van der Waals surface area contributed by atoms with Gasteiger partial charge < -0.3 is 15.2 Å². The third kappa shape index (κ3) is 3.78. The molecule has 2 heterocycles. The van der Waals surface area contributed by atoms with Gasteiger partial charge in [-0.05, 0) is 61.0 Å². The SMILES string of the molecule is COc1ccc(-n2c(=O)c(C(=O)NC(C)c3ccc(F)cc3)c(O)c3cccnc32)cc1. The lowest BCUT2D eigenvalue weighted by molar-refractivity contribution is 0.0935. The highest BCUT2D eigenvalue weighted by atomic mass is 19.1. The van der Waals surface area contributed by atoms with Crippen molar-refractivity contribution in [2.75, 3.05) is 7.11 Å². The van der Waals surface area contributed by atoms with Crippen LogP contribution in [0.3, 0.4) is 0 Å². The lowest BCUT2D eigenvalue weighted by atomic mass is 10.1. The molecule has 0 aliphatic rings. The Hall–Kier alpha value is -4.20. The number of fused-ring (bicyclic) bond motifs is 1. The van der Waals surface area contributed by atoms with Gasteiger partial charge in [0, 0.05) is 6.20 Å². The molecule has 1 atom stereocenters. The summed E-state index contributed by atoms with van der Waals surface area (Å²) in [7, 11) is 1.53. The third-order valence-electron chi connectivity index (χ3n) is 5.18. The van der Waals surface area contributed by atoms with Gasteiger partial charge in [0.1, 0.15) is 22.9 Å². The van der Waals surface area contributed by atoms with Crippen LogP contribution in [0, 0.1) is 5.82 Å². The van der Waals surface area contributed by atoms with Crippen molar-refractivity contribution in [1.82, 2.24) is 14.9 Å². The summed E-state index contributed by atoms with van der Waals surface area (Å²) in [5, 5.41) is 13.7. The van der Waals surface area contributed by atoms with Crippen molar-refractivity contribution in [2.45, 2.75) is 13.0 Å². The Bertz CT molecular complexity index is 1350. The molecule has 0 bridgehead atoms. The van der Waals surface area contributed by atoms with Gasteiger partial charge in [0.2, 0.25) is 0 Å². The first-order chi connectivity index (χ1) is 15.4. The molecule has 32 heavy (non-hydrogen) atoms. The van der Waals surface area contributed by atoms with E-state index in [2.05, 4.69) is 10.3 Å². The number of hydrogen-bond acceptors (Lipinski definition) is 5. The molecular weight excluding hydrogens is 413 g/mol. The lowest BCUT2D eigenvalue weighted by Gasteiger charge is -2.17. The number of rotatable bonds is 5. The Morgan fingerprint density at radius 2 is 1.81 bits per heavy atom. The molecule has 4 aromatic rings. The van der Waals surface area contributed by atoms with Gasteiger partial charge in [-0.3, -0.25) is 14.2 Å². The van der Waals surface area contributed by atoms with Gasteiger partial charge in [-0.1, -0.05) is 12.1 Å². The molecular formula is C24H20FN3O4. The molecule has 0 fully saturated rings. The van der Waals surface area contributed by atoms with Crippen LogP contribution in [-0.4, -0.2) is 27.7 Å². The summed E-state index contributed by atoms with van der Waals surface area (Å²) in [5.41, 5.74) is 0.193. The zero-order valence-electron chi connectivity index (χ0n) is 17.4. The van der Waals surface area contributed by atoms with Gasteiger partial charge in [-0.15, -0.1) is 0 Å². The number of aromatic nitrogens is 2. The minimum Gasteiger partial charge on any atom is -0.506 e. The van der Waals surface area contributed by atoms with Gasteiger partial charge >= 0.3 is 0 Å². The molecule has 7 nitrogen and oxygen atoms in total. The van der Waals surface area contributed by atoms with Crippen LogP contribution in [-0.2, 0) is 0 Å². The molecule has 2 N–H and O–H groups in total. The number of amides is 1. The van der Waals surface area contributed by atoms with E-state index in [4.69, 9.17) is 4.74 Å². The van der Waals surface area contributed by atoms with Crippen LogP contribution in [0.25, 0.3) is 16.7 Å². The monoisotopic (exact) mass is 433 g/mol. The Labute approximate surface area is 182 Å². The van der Waals surface area contributed by atoms with E-state index in [1.165, 1.54) is 30.0 Å². The molecule has 0 spiro atoms. The number of nitrogens with one attached hydrogen (secondary N) is 1. The molecule has 2 aromatic heterocycles. The van der Waals surface area contributed by atoms with E-state index in [0.29, 0.717) is 17.0 Å². The van der Waals surface area contributed by atoms with Crippen LogP contribution in [0.4, 0.5) is 4.39 Å². The lowest BCUT2D eigenvalue weighted by Crippen LogP contribution is -2.34. The molecule has 4 rings (SSSR count).